The van der Waals surface area contributed by atoms with Gasteiger partial charge >= 0.3 is 0 Å². The molecule has 0 aromatic heterocycles. The molecule has 0 heterocycles. The average Bonchev–Trinajstić information content (AvgIpc) is 2.25. The molecule has 1 aromatic rings. The van der Waals surface area contributed by atoms with Crippen molar-refractivity contribution < 1.29 is 9.84 Å². The fourth-order valence-corrected chi connectivity index (χ4v) is 1.60. The van der Waals surface area contributed by atoms with Gasteiger partial charge in [0.1, 0.15) is 12.4 Å². The third-order valence-corrected chi connectivity index (χ3v) is 2.93. The van der Waals surface area contributed by atoms with Gasteiger partial charge < -0.3 is 9.84 Å². The quantitative estimate of drug-likeness (QED) is 0.910. The van der Waals surface area contributed by atoms with E-state index in [1.54, 1.807) is 6.92 Å². The summed E-state index contributed by atoms with van der Waals surface area (Å²) in [5.74, 6) is 0.669. The highest BCUT2D eigenvalue weighted by Gasteiger charge is 2.09. The molecule has 0 unspecified atom stereocenters. The van der Waals surface area contributed by atoms with Crippen molar-refractivity contribution in [3.63, 3.8) is 0 Å². The molecule has 0 saturated heterocycles. The van der Waals surface area contributed by atoms with Crippen molar-refractivity contribution >= 4 is 27.5 Å². The lowest BCUT2D eigenvalue weighted by atomic mass is 10.1. The number of aliphatic hydroxyl groups is 1. The lowest BCUT2D eigenvalue weighted by Gasteiger charge is -2.13. The van der Waals surface area contributed by atoms with E-state index < -0.39 is 6.10 Å². The zero-order valence-corrected chi connectivity index (χ0v) is 11.5. The molecule has 0 aliphatic rings. The van der Waals surface area contributed by atoms with Crippen LogP contribution in [0.4, 0.5) is 0 Å². The van der Waals surface area contributed by atoms with E-state index >= 15 is 0 Å². The Hall–Kier alpha value is -0.510. The number of halogens is 2. The number of hydrogen-bond donors (Lipinski definition) is 1. The molecule has 16 heavy (non-hydrogen) atoms. The van der Waals surface area contributed by atoms with E-state index in [1.165, 1.54) is 5.54 Å². The fourth-order valence-electron chi connectivity index (χ4n) is 1.20. The van der Waals surface area contributed by atoms with Crippen molar-refractivity contribution in [2.24, 2.45) is 0 Å². The van der Waals surface area contributed by atoms with E-state index in [0.717, 1.165) is 15.6 Å². The minimum Gasteiger partial charge on any atom is -0.489 e. The summed E-state index contributed by atoms with van der Waals surface area (Å²) in [7, 11) is 0. The minimum atomic E-state index is -0.552. The number of ether oxygens (including phenoxy) is 1. The first kappa shape index (κ1) is 13.6. The summed E-state index contributed by atoms with van der Waals surface area (Å²) in [5.41, 5.74) is 3.18. The molecule has 0 amide bonds. The Balaban J connectivity index is 2.88. The second-order valence-electron chi connectivity index (χ2n) is 3.60. The molecule has 0 aliphatic carbocycles. The summed E-state index contributed by atoms with van der Waals surface area (Å²) in [5, 5.41) is 9.58. The summed E-state index contributed by atoms with van der Waals surface area (Å²) < 4.78 is 6.51. The molecule has 1 N–H and O–H groups in total. The molecule has 1 rings (SSSR count). The number of hydrogen-bond acceptors (Lipinski definition) is 2. The van der Waals surface area contributed by atoms with E-state index in [4.69, 9.17) is 16.3 Å². The maximum Gasteiger partial charge on any atom is 0.126 e. The highest BCUT2D eigenvalue weighted by Crippen LogP contribution is 2.28. The van der Waals surface area contributed by atoms with Gasteiger partial charge in [-0.3, -0.25) is 0 Å². The van der Waals surface area contributed by atoms with Crippen LogP contribution in [0.3, 0.4) is 0 Å². The largest absolute Gasteiger partial charge is 0.489 e. The number of rotatable bonds is 4. The summed E-state index contributed by atoms with van der Waals surface area (Å²) in [6.07, 6.45) is -0.552. The molecule has 2 nitrogen and oxygen atoms in total. The highest BCUT2D eigenvalue weighted by atomic mass is 79.9. The zero-order valence-electron chi connectivity index (χ0n) is 9.21. The molecule has 0 aliphatic heterocycles. The summed E-state index contributed by atoms with van der Waals surface area (Å²) >= 11 is 8.92. The highest BCUT2D eigenvalue weighted by molar-refractivity contribution is 9.10. The van der Waals surface area contributed by atoms with Gasteiger partial charge in [-0.05, 0) is 31.6 Å². The van der Waals surface area contributed by atoms with Gasteiger partial charge in [0.15, 0.2) is 0 Å². The minimum absolute atomic E-state index is 0.416. The van der Waals surface area contributed by atoms with Crippen LogP contribution in [-0.2, 0) is 0 Å². The maximum absolute atomic E-state index is 9.58. The third kappa shape index (κ3) is 3.81. The fraction of sp³-hybridized carbons (Fsp3) is 0.333. The van der Waals surface area contributed by atoms with Crippen molar-refractivity contribution in [2.75, 3.05) is 6.61 Å². The first-order chi connectivity index (χ1) is 7.54. The van der Waals surface area contributed by atoms with E-state index in [9.17, 15) is 5.11 Å². The third-order valence-electron chi connectivity index (χ3n) is 2.07. The predicted octanol–water partition coefficient (Wildman–Crippen LogP) is 4.02. The molecule has 0 fully saturated rings. The molecule has 0 saturated carbocycles. The van der Waals surface area contributed by atoms with Crippen molar-refractivity contribution in [3.8, 4) is 5.75 Å². The SMILES string of the molecule is C/C(=C\Cl)COc1cc(Br)ccc1[C@@H](C)O. The van der Waals surface area contributed by atoms with Crippen LogP contribution in [0.5, 0.6) is 5.75 Å². The van der Waals surface area contributed by atoms with Gasteiger partial charge in [0.2, 0.25) is 0 Å². The molecular weight excluding hydrogens is 291 g/mol. The second kappa shape index (κ2) is 6.28. The first-order valence-corrected chi connectivity index (χ1v) is 6.13. The summed E-state index contributed by atoms with van der Waals surface area (Å²) in [6, 6.07) is 5.55. The Kier molecular flexibility index (Phi) is 5.32. The molecule has 0 radical (unpaired) electrons. The van der Waals surface area contributed by atoms with E-state index in [0.29, 0.717) is 12.4 Å². The predicted molar refractivity (Wildman–Crippen MR) is 69.9 cm³/mol. The van der Waals surface area contributed by atoms with Gasteiger partial charge in [-0.2, -0.15) is 0 Å². The molecule has 88 valence electrons. The van der Waals surface area contributed by atoms with Crippen LogP contribution in [-0.4, -0.2) is 11.7 Å². The first-order valence-electron chi connectivity index (χ1n) is 4.90. The van der Waals surface area contributed by atoms with Crippen LogP contribution < -0.4 is 4.74 Å². The van der Waals surface area contributed by atoms with E-state index in [2.05, 4.69) is 15.9 Å². The van der Waals surface area contributed by atoms with Gasteiger partial charge in [0, 0.05) is 15.6 Å². The monoisotopic (exact) mass is 304 g/mol. The summed E-state index contributed by atoms with van der Waals surface area (Å²) in [4.78, 5) is 0. The van der Waals surface area contributed by atoms with Crippen LogP contribution in [0.15, 0.2) is 33.8 Å². The van der Waals surface area contributed by atoms with Crippen molar-refractivity contribution in [3.05, 3.63) is 39.3 Å². The molecule has 1 atom stereocenters. The molecule has 0 spiro atoms. The van der Waals surface area contributed by atoms with Gasteiger partial charge in [0.05, 0.1) is 6.10 Å². The van der Waals surface area contributed by atoms with Crippen molar-refractivity contribution in [1.29, 1.82) is 0 Å². The Morgan fingerprint density at radius 1 is 1.62 bits per heavy atom. The van der Waals surface area contributed by atoms with Gasteiger partial charge in [-0.25, -0.2) is 0 Å². The molecule has 4 heteroatoms. The van der Waals surface area contributed by atoms with Crippen molar-refractivity contribution in [1.82, 2.24) is 0 Å². The van der Waals surface area contributed by atoms with E-state index in [-0.39, 0.29) is 0 Å². The normalized spacial score (nSPS) is 13.7. The Bertz CT molecular complexity index is 389. The summed E-state index contributed by atoms with van der Waals surface area (Å²) in [6.45, 7) is 4.01. The molecule has 0 bridgehead atoms. The van der Waals surface area contributed by atoms with Gasteiger partial charge in [-0.1, -0.05) is 33.6 Å². The van der Waals surface area contributed by atoms with E-state index in [1.807, 2.05) is 25.1 Å². The Morgan fingerprint density at radius 2 is 2.31 bits per heavy atom. The van der Waals surface area contributed by atoms with Crippen LogP contribution in [0.1, 0.15) is 25.5 Å². The Labute approximate surface area is 109 Å². The Morgan fingerprint density at radius 3 is 2.88 bits per heavy atom. The smallest absolute Gasteiger partial charge is 0.126 e. The van der Waals surface area contributed by atoms with Crippen molar-refractivity contribution in [2.45, 2.75) is 20.0 Å². The molecule has 1 aromatic carbocycles. The van der Waals surface area contributed by atoms with Crippen LogP contribution >= 0.6 is 27.5 Å². The second-order valence-corrected chi connectivity index (χ2v) is 4.74. The average molecular weight is 306 g/mol. The van der Waals surface area contributed by atoms with Gasteiger partial charge in [-0.15, -0.1) is 0 Å². The lowest BCUT2D eigenvalue weighted by Crippen LogP contribution is -2.03. The molecular formula is C12H14BrClO2. The standard InChI is InChI=1S/C12H14BrClO2/c1-8(6-14)7-16-12-5-10(13)3-4-11(12)9(2)15/h3-6,9,15H,7H2,1-2H3/b8-6+/t9-/m1/s1. The van der Waals surface area contributed by atoms with Crippen LogP contribution in [0, 0.1) is 0 Å². The van der Waals surface area contributed by atoms with Crippen LogP contribution in [0.25, 0.3) is 0 Å². The zero-order chi connectivity index (χ0) is 12.1. The topological polar surface area (TPSA) is 29.5 Å². The van der Waals surface area contributed by atoms with Gasteiger partial charge in [0.25, 0.3) is 0 Å². The number of aliphatic hydroxyl groups excluding tert-OH is 1. The van der Waals surface area contributed by atoms with Crippen LogP contribution in [0.2, 0.25) is 0 Å². The number of benzene rings is 1. The lowest BCUT2D eigenvalue weighted by molar-refractivity contribution is 0.192. The maximum atomic E-state index is 9.58.